The van der Waals surface area contributed by atoms with Gasteiger partial charge in [-0.1, -0.05) is 0 Å². The molecule has 0 heterocycles. The topological polar surface area (TPSA) is 23.5 Å². The fraction of sp³-hybridized carbons (Fsp3) is 0.667. The van der Waals surface area contributed by atoms with E-state index in [9.17, 15) is 0 Å². The Morgan fingerprint density at radius 1 is 1.83 bits per heavy atom. The molecule has 0 bridgehead atoms. The molecule has 0 fully saturated rings. The second-order valence-corrected chi connectivity index (χ2v) is 2.08. The first kappa shape index (κ1) is 6.37. The molecule has 0 spiro atoms. The SMILES string of the molecule is C[C](=[V])N(C)O. The summed E-state index contributed by atoms with van der Waals surface area (Å²) in [6.07, 6.45) is 0. The van der Waals surface area contributed by atoms with Gasteiger partial charge in [-0.2, -0.15) is 0 Å². The summed E-state index contributed by atoms with van der Waals surface area (Å²) >= 11 is 2.23. The van der Waals surface area contributed by atoms with Crippen LogP contribution in [0.4, 0.5) is 0 Å². The molecule has 0 rings (SSSR count). The van der Waals surface area contributed by atoms with Gasteiger partial charge in [-0.05, 0) is 0 Å². The van der Waals surface area contributed by atoms with E-state index in [1.165, 1.54) is 0 Å². The van der Waals surface area contributed by atoms with Gasteiger partial charge >= 0.3 is 45.6 Å². The second kappa shape index (κ2) is 2.53. The van der Waals surface area contributed by atoms with Gasteiger partial charge in [-0.3, -0.25) is 0 Å². The molecule has 0 radical (unpaired) electrons. The molecule has 0 amide bonds. The molecule has 0 aliphatic carbocycles. The average molecular weight is 124 g/mol. The van der Waals surface area contributed by atoms with Crippen LogP contribution >= 0.6 is 0 Å². The van der Waals surface area contributed by atoms with Crippen LogP contribution in [0, 0.1) is 0 Å². The Bertz CT molecular complexity index is 61.8. The Kier molecular flexibility index (Phi) is 2.69. The van der Waals surface area contributed by atoms with Crippen LogP contribution in [-0.4, -0.2) is 21.7 Å². The van der Waals surface area contributed by atoms with Gasteiger partial charge in [0.2, 0.25) is 0 Å². The Balaban J connectivity index is 3.26. The van der Waals surface area contributed by atoms with Gasteiger partial charge in [0.05, 0.1) is 0 Å². The van der Waals surface area contributed by atoms with E-state index in [4.69, 9.17) is 5.21 Å². The van der Waals surface area contributed by atoms with E-state index in [0.29, 0.717) is 0 Å². The predicted octanol–water partition coefficient (Wildman–Crippen LogP) is 0.00400. The second-order valence-electron chi connectivity index (χ2n) is 1.07. The molecule has 1 N–H and O–H groups in total. The van der Waals surface area contributed by atoms with Crippen LogP contribution < -0.4 is 0 Å². The number of hydrogen-bond acceptors (Lipinski definition) is 2. The Morgan fingerprint density at radius 2 is 2.00 bits per heavy atom. The predicted molar refractivity (Wildman–Crippen MR) is 20.2 cm³/mol. The molecule has 6 heavy (non-hydrogen) atoms. The number of nitrogens with zero attached hydrogens (tertiary/aromatic N) is 1. The summed E-state index contributed by atoms with van der Waals surface area (Å²) in [5.41, 5.74) is 0. The molecule has 0 unspecified atom stereocenters. The maximum atomic E-state index is 8.41. The van der Waals surface area contributed by atoms with Crippen LogP contribution in [0.2, 0.25) is 0 Å². The molecule has 0 atom stereocenters. The van der Waals surface area contributed by atoms with E-state index in [1.807, 2.05) is 0 Å². The zero-order valence-electron chi connectivity index (χ0n) is 3.84. The van der Waals surface area contributed by atoms with E-state index in [0.717, 1.165) is 9.41 Å². The van der Waals surface area contributed by atoms with Gasteiger partial charge in [0.15, 0.2) is 0 Å². The first-order chi connectivity index (χ1) is 2.64. The van der Waals surface area contributed by atoms with E-state index in [-0.39, 0.29) is 0 Å². The summed E-state index contributed by atoms with van der Waals surface area (Å²) in [6, 6.07) is 0. The Morgan fingerprint density at radius 3 is 2.00 bits per heavy atom. The molecule has 0 aromatic carbocycles. The van der Waals surface area contributed by atoms with Gasteiger partial charge in [0.25, 0.3) is 0 Å². The van der Waals surface area contributed by atoms with Crippen molar-refractivity contribution in [2.75, 3.05) is 7.05 Å². The molecule has 2 nitrogen and oxygen atoms in total. The van der Waals surface area contributed by atoms with Crippen molar-refractivity contribution in [1.29, 1.82) is 0 Å². The third-order valence-corrected chi connectivity index (χ3v) is 0.920. The van der Waals surface area contributed by atoms with Crippen molar-refractivity contribution in [1.82, 2.24) is 5.06 Å². The first-order valence-corrected chi connectivity index (χ1v) is 2.29. The van der Waals surface area contributed by atoms with Gasteiger partial charge in [-0.15, -0.1) is 0 Å². The van der Waals surface area contributed by atoms with Crippen molar-refractivity contribution in [3.8, 4) is 0 Å². The van der Waals surface area contributed by atoms with Crippen LogP contribution in [0.5, 0.6) is 0 Å². The van der Waals surface area contributed by atoms with E-state index < -0.39 is 0 Å². The van der Waals surface area contributed by atoms with Crippen LogP contribution in [-0.2, 0) is 17.0 Å². The molecular formula is C3H7NOV. The minimum absolute atomic E-state index is 0.836. The molecule has 0 aromatic heterocycles. The van der Waals surface area contributed by atoms with Crippen molar-refractivity contribution >= 4 is 4.35 Å². The van der Waals surface area contributed by atoms with Crippen LogP contribution in [0.1, 0.15) is 6.92 Å². The van der Waals surface area contributed by atoms with Gasteiger partial charge in [-0.25, -0.2) is 0 Å². The third-order valence-electron chi connectivity index (χ3n) is 0.468. The average Bonchev–Trinajstić information content (AvgIpc) is 1.36. The summed E-state index contributed by atoms with van der Waals surface area (Å²) in [5, 5.41) is 9.47. The van der Waals surface area contributed by atoms with E-state index in [1.54, 1.807) is 14.0 Å². The van der Waals surface area contributed by atoms with Crippen LogP contribution in [0.3, 0.4) is 0 Å². The fourth-order valence-electron chi connectivity index (χ4n) is 0. The van der Waals surface area contributed by atoms with Gasteiger partial charge < -0.3 is 0 Å². The molecule has 0 aliphatic rings. The van der Waals surface area contributed by atoms with Gasteiger partial charge in [0.1, 0.15) is 0 Å². The summed E-state index contributed by atoms with van der Waals surface area (Å²) in [5.74, 6) is 0. The number of hydrogen-bond donors (Lipinski definition) is 1. The monoisotopic (exact) mass is 124 g/mol. The minimum atomic E-state index is 0.836. The van der Waals surface area contributed by atoms with Gasteiger partial charge in [0, 0.05) is 0 Å². The third kappa shape index (κ3) is 2.60. The van der Waals surface area contributed by atoms with Crippen LogP contribution in [0.15, 0.2) is 0 Å². The normalized spacial score (nSPS) is 9.17. The number of rotatable bonds is 1. The summed E-state index contributed by atoms with van der Waals surface area (Å²) in [7, 11) is 1.58. The zero-order valence-corrected chi connectivity index (χ0v) is 5.24. The molecule has 0 aliphatic heterocycles. The standard InChI is InChI=1S/C3H7NO.V/c1-3-4(2)5;/h5H,1-2H3;. The van der Waals surface area contributed by atoms with E-state index in [2.05, 4.69) is 17.0 Å². The molecular weight excluding hydrogens is 117 g/mol. The van der Waals surface area contributed by atoms with E-state index >= 15 is 0 Å². The quantitative estimate of drug-likeness (QED) is 0.497. The van der Waals surface area contributed by atoms with Crippen molar-refractivity contribution in [2.45, 2.75) is 6.92 Å². The zero-order chi connectivity index (χ0) is 5.15. The Hall–Kier alpha value is 0.374. The summed E-state index contributed by atoms with van der Waals surface area (Å²) in [6.45, 7) is 1.81. The molecule has 3 heteroatoms. The molecule has 0 saturated carbocycles. The summed E-state index contributed by atoms with van der Waals surface area (Å²) < 4.78 is 0.836. The van der Waals surface area contributed by atoms with Crippen LogP contribution in [0.25, 0.3) is 0 Å². The number of hydroxylamine groups is 2. The Labute approximate surface area is 46.2 Å². The maximum absolute atomic E-state index is 8.41. The summed E-state index contributed by atoms with van der Waals surface area (Å²) in [4.78, 5) is 0. The molecule has 0 aromatic rings. The molecule has 35 valence electrons. The van der Waals surface area contributed by atoms with Crippen molar-refractivity contribution < 1.29 is 22.2 Å². The first-order valence-electron chi connectivity index (χ1n) is 1.59. The van der Waals surface area contributed by atoms with Crippen molar-refractivity contribution in [3.05, 3.63) is 0 Å². The molecule has 0 saturated heterocycles. The van der Waals surface area contributed by atoms with Crippen molar-refractivity contribution in [3.63, 3.8) is 0 Å². The fourth-order valence-corrected chi connectivity index (χ4v) is 0. The van der Waals surface area contributed by atoms with Crippen molar-refractivity contribution in [2.24, 2.45) is 0 Å².